The lowest BCUT2D eigenvalue weighted by Crippen LogP contribution is -2.52. The van der Waals surface area contributed by atoms with Gasteiger partial charge in [0, 0.05) is 18.7 Å². The lowest BCUT2D eigenvalue weighted by atomic mass is 10.1. The average molecular weight is 305 g/mol. The molecule has 6 heteroatoms. The van der Waals surface area contributed by atoms with Crippen molar-refractivity contribution in [2.75, 3.05) is 18.4 Å². The number of carbonyl (C=O) groups excluding carboxylic acids is 1. The van der Waals surface area contributed by atoms with E-state index in [2.05, 4.69) is 16.3 Å². The van der Waals surface area contributed by atoms with Crippen LogP contribution in [0.4, 0.5) is 5.88 Å². The summed E-state index contributed by atoms with van der Waals surface area (Å²) in [5, 5.41) is 11.9. The van der Waals surface area contributed by atoms with Crippen LogP contribution in [0.2, 0.25) is 0 Å². The van der Waals surface area contributed by atoms with E-state index in [0.29, 0.717) is 24.4 Å². The number of rotatable bonds is 3. The molecular weight excluding hydrogens is 282 g/mol. The largest absolute Gasteiger partial charge is 0.444 e. The van der Waals surface area contributed by atoms with E-state index >= 15 is 0 Å². The number of nitriles is 1. The lowest BCUT2D eigenvalue weighted by molar-refractivity contribution is -0.127. The fraction of sp³-hybridized carbons (Fsp3) is 0.625. The summed E-state index contributed by atoms with van der Waals surface area (Å²) in [6.45, 7) is 10.9. The molecule has 1 amide bonds. The maximum atomic E-state index is 12.5. The Bertz CT molecular complexity index is 593. The van der Waals surface area contributed by atoms with Crippen LogP contribution in [-0.2, 0) is 9.53 Å². The number of ether oxygens (including phenoxy) is 1. The molecule has 1 aliphatic heterocycles. The predicted octanol–water partition coefficient (Wildman–Crippen LogP) is 2.20. The Morgan fingerprint density at radius 1 is 1.36 bits per heavy atom. The van der Waals surface area contributed by atoms with Crippen molar-refractivity contribution in [3.63, 3.8) is 0 Å². The molecule has 1 N–H and O–H groups in total. The van der Waals surface area contributed by atoms with Gasteiger partial charge in [-0.2, -0.15) is 5.26 Å². The first kappa shape index (κ1) is 16.5. The molecule has 1 aromatic heterocycles. The lowest BCUT2D eigenvalue weighted by Gasteiger charge is -2.38. The van der Waals surface area contributed by atoms with Gasteiger partial charge in [-0.15, -0.1) is 0 Å². The van der Waals surface area contributed by atoms with Crippen LogP contribution in [0.15, 0.2) is 4.42 Å². The van der Waals surface area contributed by atoms with Gasteiger partial charge in [0.2, 0.25) is 11.8 Å². The van der Waals surface area contributed by atoms with Gasteiger partial charge in [0.25, 0.3) is 0 Å². The van der Waals surface area contributed by atoms with Crippen molar-refractivity contribution in [3.8, 4) is 6.07 Å². The molecule has 6 nitrogen and oxygen atoms in total. The topological polar surface area (TPSA) is 78.5 Å². The molecule has 120 valence electrons. The summed E-state index contributed by atoms with van der Waals surface area (Å²) in [5.74, 6) is 0.711. The molecule has 1 fully saturated rings. The van der Waals surface area contributed by atoms with Crippen molar-refractivity contribution >= 4 is 11.8 Å². The number of amides is 1. The molecule has 0 aromatic carbocycles. The van der Waals surface area contributed by atoms with Gasteiger partial charge in [0.15, 0.2) is 0 Å². The fourth-order valence-corrected chi connectivity index (χ4v) is 2.77. The van der Waals surface area contributed by atoms with Crippen LogP contribution in [0, 0.1) is 25.2 Å². The van der Waals surface area contributed by atoms with Crippen molar-refractivity contribution in [1.29, 1.82) is 5.26 Å². The molecule has 3 atom stereocenters. The summed E-state index contributed by atoms with van der Waals surface area (Å²) >= 11 is 0. The third-order valence-electron chi connectivity index (χ3n) is 4.11. The fourth-order valence-electron chi connectivity index (χ4n) is 2.77. The number of furan rings is 1. The normalized spacial score (nSPS) is 23.8. The minimum Gasteiger partial charge on any atom is -0.444 e. The first-order valence-electron chi connectivity index (χ1n) is 7.54. The summed E-state index contributed by atoms with van der Waals surface area (Å²) in [6, 6.07) is 1.77. The minimum atomic E-state index is -0.314. The Kier molecular flexibility index (Phi) is 4.89. The van der Waals surface area contributed by atoms with Gasteiger partial charge in [-0.3, -0.25) is 15.0 Å². The predicted molar refractivity (Wildman–Crippen MR) is 82.6 cm³/mol. The third kappa shape index (κ3) is 3.32. The highest BCUT2D eigenvalue weighted by Crippen LogP contribution is 2.25. The molecule has 0 unspecified atom stereocenters. The molecule has 0 aliphatic carbocycles. The van der Waals surface area contributed by atoms with E-state index in [4.69, 9.17) is 9.15 Å². The van der Waals surface area contributed by atoms with E-state index in [-0.39, 0.29) is 30.0 Å². The van der Waals surface area contributed by atoms with E-state index < -0.39 is 0 Å². The van der Waals surface area contributed by atoms with E-state index in [1.54, 1.807) is 6.92 Å². The Morgan fingerprint density at radius 3 is 2.50 bits per heavy atom. The number of aryl methyl sites for hydroxylation is 1. The summed E-state index contributed by atoms with van der Waals surface area (Å²) in [4.78, 5) is 14.5. The quantitative estimate of drug-likeness (QED) is 0.926. The zero-order valence-electron chi connectivity index (χ0n) is 13.8. The number of anilines is 1. The van der Waals surface area contributed by atoms with Gasteiger partial charge in [-0.05, 0) is 34.6 Å². The molecule has 1 saturated heterocycles. The number of hydrogen-bond donors (Lipinski definition) is 1. The van der Waals surface area contributed by atoms with Crippen LogP contribution in [0.25, 0.3) is 0 Å². The molecular formula is C16H23N3O3. The standard InChI is InChI=1S/C16H23N3O3/c1-9-7-19(8-10(2)21-9)12(4)15(20)18-16-14(6-17)11(3)13(5)22-16/h9-10,12H,7-8H2,1-5H3,(H,18,20)/t9-,10-,12-/m0/s1. The first-order chi connectivity index (χ1) is 10.3. The van der Waals surface area contributed by atoms with Gasteiger partial charge in [0.05, 0.1) is 18.2 Å². The van der Waals surface area contributed by atoms with Gasteiger partial charge >= 0.3 is 0 Å². The van der Waals surface area contributed by atoms with Crippen molar-refractivity contribution in [2.24, 2.45) is 0 Å². The molecule has 2 heterocycles. The number of carbonyl (C=O) groups is 1. The Balaban J connectivity index is 2.09. The molecule has 0 bridgehead atoms. The van der Waals surface area contributed by atoms with Crippen LogP contribution in [0.1, 0.15) is 37.7 Å². The van der Waals surface area contributed by atoms with Gasteiger partial charge in [0.1, 0.15) is 17.4 Å². The monoisotopic (exact) mass is 305 g/mol. The number of nitrogens with zero attached hydrogens (tertiary/aromatic N) is 2. The minimum absolute atomic E-state index is 0.0989. The smallest absolute Gasteiger partial charge is 0.243 e. The maximum Gasteiger partial charge on any atom is 0.243 e. The van der Waals surface area contributed by atoms with Crippen molar-refractivity contribution < 1.29 is 13.9 Å². The van der Waals surface area contributed by atoms with Crippen LogP contribution >= 0.6 is 0 Å². The maximum absolute atomic E-state index is 12.5. The van der Waals surface area contributed by atoms with Crippen molar-refractivity contribution in [3.05, 3.63) is 16.9 Å². The Morgan fingerprint density at radius 2 is 1.95 bits per heavy atom. The summed E-state index contributed by atoms with van der Waals surface area (Å²) in [7, 11) is 0. The molecule has 1 aliphatic rings. The Hall–Kier alpha value is -1.84. The second-order valence-corrected chi connectivity index (χ2v) is 5.98. The zero-order chi connectivity index (χ0) is 16.4. The number of nitrogens with one attached hydrogen (secondary N) is 1. The second-order valence-electron chi connectivity index (χ2n) is 5.98. The highest BCUT2D eigenvalue weighted by Gasteiger charge is 2.30. The van der Waals surface area contributed by atoms with Gasteiger partial charge in [-0.25, -0.2) is 0 Å². The average Bonchev–Trinajstić information content (AvgIpc) is 2.71. The van der Waals surface area contributed by atoms with Crippen LogP contribution in [-0.4, -0.2) is 42.1 Å². The molecule has 0 saturated carbocycles. The molecule has 2 rings (SSSR count). The van der Waals surface area contributed by atoms with E-state index in [0.717, 1.165) is 5.56 Å². The van der Waals surface area contributed by atoms with E-state index in [9.17, 15) is 10.1 Å². The van der Waals surface area contributed by atoms with Gasteiger partial charge in [-0.1, -0.05) is 0 Å². The van der Waals surface area contributed by atoms with Crippen molar-refractivity contribution in [1.82, 2.24) is 4.90 Å². The summed E-state index contributed by atoms with van der Waals surface area (Å²) in [5.41, 5.74) is 1.15. The second kappa shape index (κ2) is 6.51. The van der Waals surface area contributed by atoms with Crippen LogP contribution < -0.4 is 5.32 Å². The number of morpholine rings is 1. The van der Waals surface area contributed by atoms with E-state index in [1.165, 1.54) is 0 Å². The number of hydrogen-bond acceptors (Lipinski definition) is 5. The molecule has 22 heavy (non-hydrogen) atoms. The highest BCUT2D eigenvalue weighted by molar-refractivity contribution is 5.94. The summed E-state index contributed by atoms with van der Waals surface area (Å²) in [6.07, 6.45) is 0.198. The van der Waals surface area contributed by atoms with Crippen LogP contribution in [0.3, 0.4) is 0 Å². The van der Waals surface area contributed by atoms with Gasteiger partial charge < -0.3 is 9.15 Å². The molecule has 1 aromatic rings. The highest BCUT2D eigenvalue weighted by atomic mass is 16.5. The Labute approximate surface area is 131 Å². The van der Waals surface area contributed by atoms with E-state index in [1.807, 2.05) is 27.7 Å². The zero-order valence-corrected chi connectivity index (χ0v) is 13.8. The third-order valence-corrected chi connectivity index (χ3v) is 4.11. The molecule has 0 radical (unpaired) electrons. The molecule has 0 spiro atoms. The van der Waals surface area contributed by atoms with Crippen LogP contribution in [0.5, 0.6) is 0 Å². The first-order valence-corrected chi connectivity index (χ1v) is 7.54. The SMILES string of the molecule is Cc1oc(NC(=O)[C@H](C)N2C[C@H](C)O[C@@H](C)C2)c(C#N)c1C. The van der Waals surface area contributed by atoms with Crippen molar-refractivity contribution in [2.45, 2.75) is 52.9 Å². The summed E-state index contributed by atoms with van der Waals surface area (Å²) < 4.78 is 11.2.